The first-order valence-corrected chi connectivity index (χ1v) is 22.6. The Morgan fingerprint density at radius 1 is 0.906 bits per heavy atom. The first-order valence-electron chi connectivity index (χ1n) is 22.6. The third-order valence-corrected chi connectivity index (χ3v) is 12.5. The van der Waals surface area contributed by atoms with Crippen molar-refractivity contribution in [2.75, 3.05) is 13.1 Å². The van der Waals surface area contributed by atoms with Crippen LogP contribution >= 0.6 is 0 Å². The van der Waals surface area contributed by atoms with Crippen molar-refractivity contribution in [1.82, 2.24) is 10.2 Å². The minimum atomic E-state index is -1.59. The number of ether oxygens (including phenoxy) is 6. The van der Waals surface area contributed by atoms with Gasteiger partial charge in [0.05, 0.1) is 36.0 Å². The number of benzene rings is 2. The van der Waals surface area contributed by atoms with Crippen LogP contribution in [0.2, 0.25) is 6.32 Å². The Bertz CT molecular complexity index is 2000. The maximum atomic E-state index is 13.5. The number of aryl methyl sites for hydroxylation is 1. The molecule has 15 nitrogen and oxygen atoms in total. The standard InChI is InChI=1S/C48H69BN2O13/c1-44(2,3)60-41(54)38-34(58-32-26-51(27-32)37(52)21-19-33(50-42(55)61-45(4,5)6)40(53)57-28-29-16-14-13-15-17-29)20-18-30(39(38)59-43(56)62-46(7,8)9)22-23-49-63-36-25-31-24-35(47(31,10)11)48(36,12)64-49/h13-18,20,31-33,35-36,41,54H,19,21-28H2,1-12H3,(H,50,55)/t31-,33+,35-,36+,41?,48-/m0/s1. The number of esters is 1. The first-order chi connectivity index (χ1) is 29.7. The van der Waals surface area contributed by atoms with Crippen LogP contribution in [0.1, 0.15) is 132 Å². The van der Waals surface area contributed by atoms with Crippen LogP contribution in [0.5, 0.6) is 11.5 Å². The average molecular weight is 893 g/mol. The van der Waals surface area contributed by atoms with E-state index in [0.717, 1.165) is 18.4 Å². The van der Waals surface area contributed by atoms with Crippen LogP contribution in [-0.2, 0) is 50.9 Å². The molecular formula is C48H69BN2O13. The van der Waals surface area contributed by atoms with Crippen molar-refractivity contribution < 1.29 is 62.0 Å². The van der Waals surface area contributed by atoms with Crippen molar-refractivity contribution in [2.24, 2.45) is 17.3 Å². The molecule has 2 aromatic rings. The molecule has 2 heterocycles. The minimum Gasteiger partial charge on any atom is -0.486 e. The summed E-state index contributed by atoms with van der Waals surface area (Å²) in [5.41, 5.74) is -1.22. The van der Waals surface area contributed by atoms with Gasteiger partial charge in [0.25, 0.3) is 0 Å². The predicted molar refractivity (Wildman–Crippen MR) is 237 cm³/mol. The number of aliphatic hydroxyl groups excluding tert-OH is 1. The number of nitrogens with zero attached hydrogens (tertiary/aromatic N) is 1. The lowest BCUT2D eigenvalue weighted by molar-refractivity contribution is -0.199. The van der Waals surface area contributed by atoms with E-state index in [9.17, 15) is 24.3 Å². The Kier molecular flexibility index (Phi) is 14.5. The van der Waals surface area contributed by atoms with Gasteiger partial charge in [-0.1, -0.05) is 50.2 Å². The van der Waals surface area contributed by atoms with Gasteiger partial charge in [0.15, 0.2) is 6.29 Å². The smallest absolute Gasteiger partial charge is 0.486 e. The maximum Gasteiger partial charge on any atom is 0.514 e. The molecule has 5 fully saturated rings. The molecule has 0 spiro atoms. The maximum absolute atomic E-state index is 13.5. The molecule has 2 aromatic carbocycles. The number of carbonyl (C=O) groups excluding carboxylic acids is 4. The molecule has 6 atom stereocenters. The number of likely N-dealkylation sites (tertiary alicyclic amines) is 1. The first kappa shape index (κ1) is 49.1. The van der Waals surface area contributed by atoms with Gasteiger partial charge in [-0.05, 0) is 136 Å². The quantitative estimate of drug-likeness (QED) is 0.0577. The summed E-state index contributed by atoms with van der Waals surface area (Å²) >= 11 is 0. The molecule has 2 aliphatic heterocycles. The topological polar surface area (TPSA) is 178 Å². The number of aliphatic hydroxyl groups is 1. The zero-order valence-electron chi connectivity index (χ0n) is 39.7. The second kappa shape index (κ2) is 18.8. The fraction of sp³-hybridized carbons (Fsp3) is 0.667. The second-order valence-corrected chi connectivity index (χ2v) is 21.4. The molecule has 1 unspecified atom stereocenters. The fourth-order valence-corrected chi connectivity index (χ4v) is 9.23. The molecule has 2 N–H and O–H groups in total. The highest BCUT2D eigenvalue weighted by atomic mass is 16.7. The van der Waals surface area contributed by atoms with E-state index in [4.69, 9.17) is 37.7 Å². The molecule has 7 rings (SSSR count). The molecule has 2 bridgehead atoms. The zero-order valence-corrected chi connectivity index (χ0v) is 39.7. The number of hydrogen-bond acceptors (Lipinski definition) is 13. The molecule has 16 heteroatoms. The van der Waals surface area contributed by atoms with Crippen LogP contribution in [-0.4, -0.2) is 95.0 Å². The molecule has 352 valence electrons. The van der Waals surface area contributed by atoms with E-state index < -0.39 is 60.6 Å². The Morgan fingerprint density at radius 3 is 2.20 bits per heavy atom. The third-order valence-electron chi connectivity index (χ3n) is 12.5. The highest BCUT2D eigenvalue weighted by molar-refractivity contribution is 6.45. The van der Waals surface area contributed by atoms with Gasteiger partial charge < -0.3 is 53.1 Å². The Labute approximate surface area is 378 Å². The van der Waals surface area contributed by atoms with E-state index in [2.05, 4.69) is 26.1 Å². The van der Waals surface area contributed by atoms with Gasteiger partial charge in [-0.15, -0.1) is 0 Å². The Morgan fingerprint density at radius 2 is 1.58 bits per heavy atom. The molecule has 3 aliphatic carbocycles. The van der Waals surface area contributed by atoms with E-state index in [1.54, 1.807) is 79.3 Å². The summed E-state index contributed by atoms with van der Waals surface area (Å²) < 4.78 is 48.1. The van der Waals surface area contributed by atoms with Gasteiger partial charge in [-0.25, -0.2) is 14.4 Å². The largest absolute Gasteiger partial charge is 0.514 e. The summed E-state index contributed by atoms with van der Waals surface area (Å²) in [5, 5.41) is 14.3. The van der Waals surface area contributed by atoms with Gasteiger partial charge in [0.1, 0.15) is 41.5 Å². The number of rotatable bonds is 15. The lowest BCUT2D eigenvalue weighted by Gasteiger charge is -2.64. The van der Waals surface area contributed by atoms with Crippen LogP contribution < -0.4 is 14.8 Å². The molecule has 5 aliphatic rings. The molecule has 0 aromatic heterocycles. The molecule has 3 saturated carbocycles. The molecule has 2 amide bonds. The van der Waals surface area contributed by atoms with Crippen molar-refractivity contribution in [3.05, 3.63) is 59.2 Å². The predicted octanol–water partition coefficient (Wildman–Crippen LogP) is 8.08. The van der Waals surface area contributed by atoms with Crippen LogP contribution in [0.15, 0.2) is 42.5 Å². The Hall–Kier alpha value is -4.38. The number of hydrogen-bond donors (Lipinski definition) is 2. The van der Waals surface area contributed by atoms with Gasteiger partial charge in [0.2, 0.25) is 5.91 Å². The summed E-state index contributed by atoms with van der Waals surface area (Å²) in [5.74, 6) is 0.292. The fourth-order valence-electron chi connectivity index (χ4n) is 9.23. The lowest BCUT2D eigenvalue weighted by Crippen LogP contribution is -2.65. The highest BCUT2D eigenvalue weighted by Gasteiger charge is 2.67. The number of nitrogens with one attached hydrogen (secondary N) is 1. The van der Waals surface area contributed by atoms with Crippen LogP contribution in [0.25, 0.3) is 0 Å². The number of amides is 2. The van der Waals surface area contributed by atoms with Crippen LogP contribution in [0.3, 0.4) is 0 Å². The van der Waals surface area contributed by atoms with Crippen LogP contribution in [0, 0.1) is 17.3 Å². The van der Waals surface area contributed by atoms with E-state index in [1.165, 1.54) is 0 Å². The van der Waals surface area contributed by atoms with Crippen molar-refractivity contribution in [3.63, 3.8) is 0 Å². The van der Waals surface area contributed by atoms with Gasteiger partial charge in [-0.2, -0.15) is 0 Å². The highest BCUT2D eigenvalue weighted by Crippen LogP contribution is 2.65. The van der Waals surface area contributed by atoms with Crippen molar-refractivity contribution in [3.8, 4) is 11.5 Å². The number of alkyl carbamates (subject to hydrolysis) is 1. The third kappa shape index (κ3) is 12.1. The SMILES string of the molecule is CC(C)(C)OC(=O)N[C@H](CCC(=O)N1CC(Oc2ccc(CCB3O[C@@H]4C[C@@H]5C[C@@H](C5(C)C)[C@]4(C)O3)c(OC(=O)OC(C)(C)C)c2C(O)OC(C)(C)C)C1)C(=O)OCc1ccccc1. The minimum absolute atomic E-state index is 0.00313. The second-order valence-electron chi connectivity index (χ2n) is 21.4. The van der Waals surface area contributed by atoms with Crippen molar-refractivity contribution in [2.45, 2.75) is 175 Å². The summed E-state index contributed by atoms with van der Waals surface area (Å²) in [6, 6.07) is 11.5. The summed E-state index contributed by atoms with van der Waals surface area (Å²) in [7, 11) is -0.476. The van der Waals surface area contributed by atoms with Gasteiger partial charge in [0, 0.05) is 6.42 Å². The van der Waals surface area contributed by atoms with Crippen molar-refractivity contribution in [1.29, 1.82) is 0 Å². The normalized spacial score (nSPS) is 23.7. The lowest BCUT2D eigenvalue weighted by atomic mass is 9.43. The van der Waals surface area contributed by atoms with Crippen LogP contribution in [0.4, 0.5) is 9.59 Å². The number of carbonyl (C=O) groups is 4. The van der Waals surface area contributed by atoms with E-state index in [1.807, 2.05) is 30.3 Å². The van der Waals surface area contributed by atoms with Gasteiger partial charge >= 0.3 is 25.3 Å². The van der Waals surface area contributed by atoms with E-state index in [-0.39, 0.29) is 72.6 Å². The molecular weight excluding hydrogens is 823 g/mol. The van der Waals surface area contributed by atoms with Gasteiger partial charge in [-0.3, -0.25) is 4.79 Å². The molecule has 0 radical (unpaired) electrons. The van der Waals surface area contributed by atoms with Crippen molar-refractivity contribution >= 4 is 31.2 Å². The zero-order chi connectivity index (χ0) is 47.0. The van der Waals surface area contributed by atoms with E-state index in [0.29, 0.717) is 30.1 Å². The monoisotopic (exact) mass is 892 g/mol. The molecule has 2 saturated heterocycles. The average Bonchev–Trinajstić information content (AvgIpc) is 3.50. The van der Waals surface area contributed by atoms with E-state index >= 15 is 0 Å². The molecule has 64 heavy (non-hydrogen) atoms. The summed E-state index contributed by atoms with van der Waals surface area (Å²) in [4.78, 5) is 54.3. The summed E-state index contributed by atoms with van der Waals surface area (Å²) in [6.07, 6.45) is -1.05. The Balaban J connectivity index is 1.15. The summed E-state index contributed by atoms with van der Waals surface area (Å²) in [6.45, 7) is 22.9.